The fraction of sp³-hybridized carbons (Fsp3) is 0.500. The summed E-state index contributed by atoms with van der Waals surface area (Å²) in [5, 5.41) is 0. The first kappa shape index (κ1) is 24.3. The lowest BCUT2D eigenvalue weighted by molar-refractivity contribution is -0.685. The first-order valence-electron chi connectivity index (χ1n) is 13.1. The van der Waals surface area contributed by atoms with E-state index in [-0.39, 0.29) is 0 Å². The molecule has 0 atom stereocenters. The number of rotatable bonds is 16. The number of benzene rings is 2. The van der Waals surface area contributed by atoms with Gasteiger partial charge in [0.05, 0.1) is 18.7 Å². The Morgan fingerprint density at radius 1 is 0.656 bits per heavy atom. The van der Waals surface area contributed by atoms with Crippen molar-refractivity contribution in [3.63, 3.8) is 0 Å². The van der Waals surface area contributed by atoms with E-state index in [1.54, 1.807) is 0 Å². The van der Waals surface area contributed by atoms with Crippen LogP contribution in [0.15, 0.2) is 73.1 Å². The van der Waals surface area contributed by atoms with E-state index < -0.39 is 0 Å². The van der Waals surface area contributed by atoms with Gasteiger partial charge in [0.15, 0.2) is 0 Å². The van der Waals surface area contributed by atoms with Crippen molar-refractivity contribution in [1.29, 1.82) is 0 Å². The Labute approximate surface area is 196 Å². The maximum Gasteiger partial charge on any atom is 0.288 e. The second kappa shape index (κ2) is 14.7. The van der Waals surface area contributed by atoms with Crippen LogP contribution in [-0.4, -0.2) is 4.57 Å². The molecule has 0 saturated carbocycles. The van der Waals surface area contributed by atoms with Crippen LogP contribution in [0.3, 0.4) is 0 Å². The van der Waals surface area contributed by atoms with Crippen molar-refractivity contribution in [3.8, 4) is 11.4 Å². The molecular weight excluding hydrogens is 388 g/mol. The molecule has 0 bridgehead atoms. The van der Waals surface area contributed by atoms with E-state index in [1.165, 1.54) is 81.2 Å². The molecule has 2 heteroatoms. The largest absolute Gasteiger partial charge is 0.288 e. The van der Waals surface area contributed by atoms with E-state index in [0.29, 0.717) is 0 Å². The molecule has 0 aliphatic rings. The van der Waals surface area contributed by atoms with Gasteiger partial charge in [-0.25, -0.2) is 9.13 Å². The Kier molecular flexibility index (Phi) is 11.1. The molecule has 0 fully saturated rings. The van der Waals surface area contributed by atoms with E-state index in [4.69, 9.17) is 0 Å². The third-order valence-corrected chi connectivity index (χ3v) is 6.46. The zero-order valence-electron chi connectivity index (χ0n) is 20.2. The number of aromatic nitrogens is 2. The Hall–Kier alpha value is -2.35. The Bertz CT molecular complexity index is 851. The standard InChI is InChI=1S/C30H43N2/c1-2-3-4-5-6-7-8-9-10-17-24-31-26-27-32(30(31)29-22-15-12-16-23-29)25-18-21-28-19-13-11-14-20-28/h11-16,19-20,22-23,26-27H,2-10,17-18,21,24-25H2,1H3/q+1. The predicted molar refractivity (Wildman–Crippen MR) is 137 cm³/mol. The van der Waals surface area contributed by atoms with Crippen LogP contribution in [0, 0.1) is 0 Å². The molecule has 0 radical (unpaired) electrons. The van der Waals surface area contributed by atoms with Crippen molar-refractivity contribution >= 4 is 0 Å². The highest BCUT2D eigenvalue weighted by atomic mass is 15.1. The zero-order chi connectivity index (χ0) is 22.3. The Morgan fingerprint density at radius 2 is 1.25 bits per heavy atom. The topological polar surface area (TPSA) is 8.81 Å². The van der Waals surface area contributed by atoms with Crippen LogP contribution in [0.5, 0.6) is 0 Å². The third kappa shape index (κ3) is 8.30. The Balaban J connectivity index is 1.47. The first-order valence-corrected chi connectivity index (χ1v) is 13.1. The van der Waals surface area contributed by atoms with Gasteiger partial charge in [-0.3, -0.25) is 0 Å². The van der Waals surface area contributed by atoms with E-state index >= 15 is 0 Å². The van der Waals surface area contributed by atoms with Crippen molar-refractivity contribution in [2.45, 2.75) is 97.1 Å². The molecule has 32 heavy (non-hydrogen) atoms. The Morgan fingerprint density at radius 3 is 1.91 bits per heavy atom. The molecule has 2 aromatic carbocycles. The maximum atomic E-state index is 2.47. The lowest BCUT2D eigenvalue weighted by Gasteiger charge is -2.07. The number of hydrogen-bond acceptors (Lipinski definition) is 0. The lowest BCUT2D eigenvalue weighted by Crippen LogP contribution is -2.35. The molecule has 0 N–H and O–H groups in total. The number of unbranched alkanes of at least 4 members (excludes halogenated alkanes) is 9. The highest BCUT2D eigenvalue weighted by molar-refractivity contribution is 5.52. The maximum absolute atomic E-state index is 2.47. The van der Waals surface area contributed by atoms with Crippen LogP contribution < -0.4 is 4.57 Å². The predicted octanol–water partition coefficient (Wildman–Crippen LogP) is 8.00. The van der Waals surface area contributed by atoms with Crippen LogP contribution in [0.2, 0.25) is 0 Å². The van der Waals surface area contributed by atoms with Gasteiger partial charge in [-0.2, -0.15) is 0 Å². The number of hydrogen-bond donors (Lipinski definition) is 0. The van der Waals surface area contributed by atoms with Gasteiger partial charge in [0.25, 0.3) is 5.82 Å². The van der Waals surface area contributed by atoms with Crippen LogP contribution in [-0.2, 0) is 19.5 Å². The van der Waals surface area contributed by atoms with E-state index in [1.807, 2.05) is 0 Å². The minimum absolute atomic E-state index is 1.06. The van der Waals surface area contributed by atoms with Gasteiger partial charge in [0.2, 0.25) is 0 Å². The minimum atomic E-state index is 1.06. The summed E-state index contributed by atoms with van der Waals surface area (Å²) in [7, 11) is 0. The average molecular weight is 432 g/mol. The van der Waals surface area contributed by atoms with Gasteiger partial charge in [0.1, 0.15) is 12.4 Å². The molecule has 3 rings (SSSR count). The second-order valence-corrected chi connectivity index (χ2v) is 9.15. The summed E-state index contributed by atoms with van der Waals surface area (Å²) in [6.07, 6.45) is 20.7. The molecule has 0 unspecified atom stereocenters. The van der Waals surface area contributed by atoms with Crippen LogP contribution in [0.25, 0.3) is 11.4 Å². The SMILES string of the molecule is CCCCCCCCCCCCn1cc[n+](CCCc2ccccc2)c1-c1ccccc1. The summed E-state index contributed by atoms with van der Waals surface area (Å²) in [4.78, 5) is 0. The van der Waals surface area contributed by atoms with Gasteiger partial charge in [0, 0.05) is 0 Å². The lowest BCUT2D eigenvalue weighted by atomic mass is 10.1. The van der Waals surface area contributed by atoms with Crippen molar-refractivity contribution in [1.82, 2.24) is 4.57 Å². The number of nitrogens with zero attached hydrogens (tertiary/aromatic N) is 2. The van der Waals surface area contributed by atoms with Crippen LogP contribution >= 0.6 is 0 Å². The minimum Gasteiger partial charge on any atom is -0.230 e. The van der Waals surface area contributed by atoms with Crippen molar-refractivity contribution in [3.05, 3.63) is 78.6 Å². The molecule has 0 aliphatic carbocycles. The second-order valence-electron chi connectivity index (χ2n) is 9.15. The van der Waals surface area contributed by atoms with Crippen molar-refractivity contribution in [2.24, 2.45) is 0 Å². The normalized spacial score (nSPS) is 11.2. The highest BCUT2D eigenvalue weighted by Crippen LogP contribution is 2.18. The van der Waals surface area contributed by atoms with Gasteiger partial charge < -0.3 is 0 Å². The summed E-state index contributed by atoms with van der Waals surface area (Å²) in [5.41, 5.74) is 2.75. The summed E-state index contributed by atoms with van der Waals surface area (Å²) in [5.74, 6) is 1.36. The molecule has 3 aromatic rings. The fourth-order valence-corrected chi connectivity index (χ4v) is 4.61. The molecule has 0 spiro atoms. The molecule has 0 saturated heterocycles. The van der Waals surface area contributed by atoms with E-state index in [2.05, 4.69) is 89.1 Å². The summed E-state index contributed by atoms with van der Waals surface area (Å²) in [6, 6.07) is 21.8. The van der Waals surface area contributed by atoms with E-state index in [9.17, 15) is 0 Å². The van der Waals surface area contributed by atoms with Crippen molar-refractivity contribution < 1.29 is 4.57 Å². The smallest absolute Gasteiger partial charge is 0.230 e. The summed E-state index contributed by atoms with van der Waals surface area (Å²) >= 11 is 0. The molecular formula is C30H43N2+. The fourth-order valence-electron chi connectivity index (χ4n) is 4.61. The molecule has 172 valence electrons. The third-order valence-electron chi connectivity index (χ3n) is 6.46. The molecule has 0 aliphatic heterocycles. The van der Waals surface area contributed by atoms with E-state index in [0.717, 1.165) is 25.9 Å². The van der Waals surface area contributed by atoms with Crippen molar-refractivity contribution in [2.75, 3.05) is 0 Å². The quantitative estimate of drug-likeness (QED) is 0.160. The molecule has 1 heterocycles. The number of aryl methyl sites for hydroxylation is 3. The van der Waals surface area contributed by atoms with Gasteiger partial charge in [-0.05, 0) is 43.4 Å². The van der Waals surface area contributed by atoms with Gasteiger partial charge in [-0.1, -0.05) is 107 Å². The first-order chi connectivity index (χ1) is 15.9. The van der Waals surface area contributed by atoms with Crippen LogP contribution in [0.1, 0.15) is 83.1 Å². The zero-order valence-corrected chi connectivity index (χ0v) is 20.2. The van der Waals surface area contributed by atoms with Gasteiger partial charge in [-0.15, -0.1) is 0 Å². The molecule has 2 nitrogen and oxygen atoms in total. The summed E-state index contributed by atoms with van der Waals surface area (Å²) < 4.78 is 4.93. The number of imidazole rings is 1. The molecule has 1 aromatic heterocycles. The highest BCUT2D eigenvalue weighted by Gasteiger charge is 2.18. The molecule has 0 amide bonds. The van der Waals surface area contributed by atoms with Crippen LogP contribution in [0.4, 0.5) is 0 Å². The monoisotopic (exact) mass is 431 g/mol. The van der Waals surface area contributed by atoms with Gasteiger partial charge >= 0.3 is 0 Å². The average Bonchev–Trinajstić information content (AvgIpc) is 3.24. The summed E-state index contributed by atoms with van der Waals surface area (Å²) in [6.45, 7) is 4.47.